The molecule has 0 amide bonds. The molecular formula is C23H26N2O4S. The van der Waals surface area contributed by atoms with Gasteiger partial charge < -0.3 is 5.11 Å². The number of aromatic nitrogens is 2. The standard InChI is InChI=1S/C23H26N2O4S/c1-16(2)14-17-4-6-18(7-5-17)23-19(8-13-22(26)27)15-25(24-23)20-9-11-21(12-10-20)30(3,28)29/h4-7,9-12,15-16H,8,13-14H2,1-3H3,(H,26,27). The van der Waals surface area contributed by atoms with Gasteiger partial charge in [0, 0.05) is 24.4 Å². The number of aryl methyl sites for hydroxylation is 1. The Balaban J connectivity index is 1.97. The SMILES string of the molecule is CC(C)Cc1ccc(-c2nn(-c3ccc(S(C)(=O)=O)cc3)cc2CCC(=O)O)cc1. The van der Waals surface area contributed by atoms with Crippen LogP contribution < -0.4 is 0 Å². The summed E-state index contributed by atoms with van der Waals surface area (Å²) in [7, 11) is -3.27. The van der Waals surface area contributed by atoms with Gasteiger partial charge in [-0.25, -0.2) is 13.1 Å². The summed E-state index contributed by atoms with van der Waals surface area (Å²) >= 11 is 0. The molecule has 0 radical (unpaired) electrons. The second kappa shape index (κ2) is 8.83. The van der Waals surface area contributed by atoms with Crippen LogP contribution in [-0.4, -0.2) is 35.5 Å². The fourth-order valence-corrected chi connectivity index (χ4v) is 3.96. The third-order valence-electron chi connectivity index (χ3n) is 4.80. The highest BCUT2D eigenvalue weighted by Gasteiger charge is 2.15. The zero-order valence-corrected chi connectivity index (χ0v) is 18.2. The number of nitrogens with zero attached hydrogens (tertiary/aromatic N) is 2. The second-order valence-corrected chi connectivity index (χ2v) is 9.92. The first kappa shape index (κ1) is 21.8. The van der Waals surface area contributed by atoms with Crippen molar-refractivity contribution >= 4 is 15.8 Å². The molecule has 3 rings (SSSR count). The molecule has 3 aromatic rings. The predicted molar refractivity (Wildman–Crippen MR) is 117 cm³/mol. The third-order valence-corrected chi connectivity index (χ3v) is 5.93. The highest BCUT2D eigenvalue weighted by atomic mass is 32.2. The number of carboxylic acids is 1. The Kier molecular flexibility index (Phi) is 6.41. The third kappa shape index (κ3) is 5.36. The summed E-state index contributed by atoms with van der Waals surface area (Å²) in [6.45, 7) is 4.35. The van der Waals surface area contributed by atoms with Crippen LogP contribution >= 0.6 is 0 Å². The first-order valence-corrected chi connectivity index (χ1v) is 11.7. The second-order valence-electron chi connectivity index (χ2n) is 7.90. The van der Waals surface area contributed by atoms with E-state index in [4.69, 9.17) is 5.11 Å². The molecule has 0 saturated heterocycles. The number of carboxylic acid groups (broad SMARTS) is 1. The van der Waals surface area contributed by atoms with Gasteiger partial charge in [0.15, 0.2) is 9.84 Å². The maximum atomic E-state index is 11.7. The van der Waals surface area contributed by atoms with Crippen molar-refractivity contribution in [3.8, 4) is 16.9 Å². The monoisotopic (exact) mass is 426 g/mol. The zero-order valence-electron chi connectivity index (χ0n) is 17.4. The first-order valence-electron chi connectivity index (χ1n) is 9.83. The van der Waals surface area contributed by atoms with Crippen molar-refractivity contribution in [3.63, 3.8) is 0 Å². The van der Waals surface area contributed by atoms with Gasteiger partial charge in [0.05, 0.1) is 16.3 Å². The van der Waals surface area contributed by atoms with E-state index in [9.17, 15) is 13.2 Å². The number of rotatable bonds is 8. The van der Waals surface area contributed by atoms with Crippen LogP contribution in [0.4, 0.5) is 0 Å². The van der Waals surface area contributed by atoms with Gasteiger partial charge in [0.1, 0.15) is 0 Å². The van der Waals surface area contributed by atoms with Gasteiger partial charge in [-0.1, -0.05) is 38.1 Å². The molecule has 0 atom stereocenters. The molecule has 0 unspecified atom stereocenters. The number of benzene rings is 2. The quantitative estimate of drug-likeness (QED) is 0.584. The number of aliphatic carboxylic acids is 1. The molecule has 1 N–H and O–H groups in total. The van der Waals surface area contributed by atoms with Crippen molar-refractivity contribution in [1.29, 1.82) is 0 Å². The summed E-state index contributed by atoms with van der Waals surface area (Å²) in [6, 6.07) is 14.7. The number of hydrogen-bond donors (Lipinski definition) is 1. The Bertz CT molecular complexity index is 1130. The van der Waals surface area contributed by atoms with E-state index in [2.05, 4.69) is 31.1 Å². The van der Waals surface area contributed by atoms with Crippen molar-refractivity contribution in [3.05, 3.63) is 65.9 Å². The Hall–Kier alpha value is -2.93. The van der Waals surface area contributed by atoms with Crippen molar-refractivity contribution in [2.75, 3.05) is 6.26 Å². The molecule has 0 saturated carbocycles. The normalized spacial score (nSPS) is 11.7. The van der Waals surface area contributed by atoms with E-state index in [-0.39, 0.29) is 11.3 Å². The summed E-state index contributed by atoms with van der Waals surface area (Å²) < 4.78 is 25.0. The number of sulfone groups is 1. The van der Waals surface area contributed by atoms with E-state index >= 15 is 0 Å². The minimum atomic E-state index is -3.27. The molecule has 0 aliphatic carbocycles. The van der Waals surface area contributed by atoms with Gasteiger partial charge in [0.2, 0.25) is 0 Å². The summed E-state index contributed by atoms with van der Waals surface area (Å²) in [5, 5.41) is 13.8. The lowest BCUT2D eigenvalue weighted by Crippen LogP contribution is -1.99. The zero-order chi connectivity index (χ0) is 21.9. The minimum Gasteiger partial charge on any atom is -0.481 e. The van der Waals surface area contributed by atoms with Crippen molar-refractivity contribution < 1.29 is 18.3 Å². The fraction of sp³-hybridized carbons (Fsp3) is 0.304. The van der Waals surface area contributed by atoms with Gasteiger partial charge in [-0.15, -0.1) is 0 Å². The highest BCUT2D eigenvalue weighted by molar-refractivity contribution is 7.90. The predicted octanol–water partition coefficient (Wildman–Crippen LogP) is 4.16. The van der Waals surface area contributed by atoms with Gasteiger partial charge >= 0.3 is 5.97 Å². The topological polar surface area (TPSA) is 89.3 Å². The summed E-state index contributed by atoms with van der Waals surface area (Å²) in [5.41, 5.74) is 4.45. The molecule has 0 aliphatic rings. The Morgan fingerprint density at radius 1 is 1.07 bits per heavy atom. The molecule has 1 heterocycles. The average molecular weight is 427 g/mol. The Morgan fingerprint density at radius 3 is 2.23 bits per heavy atom. The molecule has 0 aliphatic heterocycles. The maximum absolute atomic E-state index is 11.7. The molecule has 6 nitrogen and oxygen atoms in total. The molecular weight excluding hydrogens is 400 g/mol. The van der Waals surface area contributed by atoms with E-state index in [1.165, 1.54) is 11.8 Å². The minimum absolute atomic E-state index is 0.0111. The lowest BCUT2D eigenvalue weighted by Gasteiger charge is -2.06. The number of carbonyl (C=O) groups is 1. The smallest absolute Gasteiger partial charge is 0.303 e. The summed E-state index contributed by atoms with van der Waals surface area (Å²) in [5.74, 6) is -0.297. The number of hydrogen-bond acceptors (Lipinski definition) is 4. The van der Waals surface area contributed by atoms with Crippen LogP contribution in [0.5, 0.6) is 0 Å². The summed E-state index contributed by atoms with van der Waals surface area (Å²) in [4.78, 5) is 11.3. The van der Waals surface area contributed by atoms with E-state index in [1.807, 2.05) is 18.3 Å². The average Bonchev–Trinajstić information content (AvgIpc) is 3.10. The molecule has 0 bridgehead atoms. The molecule has 7 heteroatoms. The van der Waals surface area contributed by atoms with Gasteiger partial charge in [-0.05, 0) is 54.2 Å². The van der Waals surface area contributed by atoms with E-state index in [1.54, 1.807) is 28.9 Å². The van der Waals surface area contributed by atoms with Crippen molar-refractivity contribution in [2.45, 2.75) is 38.0 Å². The van der Waals surface area contributed by atoms with Crippen LogP contribution in [-0.2, 0) is 27.5 Å². The summed E-state index contributed by atoms with van der Waals surface area (Å²) in [6.07, 6.45) is 4.35. The molecule has 30 heavy (non-hydrogen) atoms. The Labute approximate surface area is 177 Å². The van der Waals surface area contributed by atoms with Gasteiger partial charge in [-0.3, -0.25) is 4.79 Å². The molecule has 0 fully saturated rings. The van der Waals surface area contributed by atoms with Crippen LogP contribution in [0, 0.1) is 5.92 Å². The maximum Gasteiger partial charge on any atom is 0.303 e. The highest BCUT2D eigenvalue weighted by Crippen LogP contribution is 2.26. The van der Waals surface area contributed by atoms with E-state index in [0.29, 0.717) is 18.0 Å². The fourth-order valence-electron chi connectivity index (χ4n) is 3.33. The van der Waals surface area contributed by atoms with Crippen molar-refractivity contribution in [2.24, 2.45) is 5.92 Å². The van der Waals surface area contributed by atoms with Crippen LogP contribution in [0.3, 0.4) is 0 Å². The lowest BCUT2D eigenvalue weighted by atomic mass is 9.99. The Morgan fingerprint density at radius 2 is 1.70 bits per heavy atom. The first-order chi connectivity index (χ1) is 14.1. The lowest BCUT2D eigenvalue weighted by molar-refractivity contribution is -0.136. The van der Waals surface area contributed by atoms with Gasteiger partial charge in [-0.2, -0.15) is 5.10 Å². The largest absolute Gasteiger partial charge is 0.481 e. The van der Waals surface area contributed by atoms with Crippen LogP contribution in [0.2, 0.25) is 0 Å². The molecule has 2 aromatic carbocycles. The molecule has 1 aromatic heterocycles. The van der Waals surface area contributed by atoms with Crippen LogP contribution in [0.1, 0.15) is 31.4 Å². The van der Waals surface area contributed by atoms with Crippen molar-refractivity contribution in [1.82, 2.24) is 9.78 Å². The van der Waals surface area contributed by atoms with Crippen LogP contribution in [0.25, 0.3) is 16.9 Å². The molecule has 0 spiro atoms. The van der Waals surface area contributed by atoms with Gasteiger partial charge in [0.25, 0.3) is 0 Å². The van der Waals surface area contributed by atoms with Crippen LogP contribution in [0.15, 0.2) is 59.6 Å². The van der Waals surface area contributed by atoms with E-state index in [0.717, 1.165) is 23.2 Å². The van der Waals surface area contributed by atoms with E-state index < -0.39 is 15.8 Å². The molecule has 158 valence electrons.